The van der Waals surface area contributed by atoms with E-state index in [2.05, 4.69) is 16.7 Å². The first-order valence-corrected chi connectivity index (χ1v) is 7.39. The molecule has 0 bridgehead atoms. The lowest BCUT2D eigenvalue weighted by atomic mass is 10.3. The van der Waals surface area contributed by atoms with Crippen LogP contribution in [0, 0.1) is 11.8 Å². The van der Waals surface area contributed by atoms with Crippen molar-refractivity contribution in [2.24, 2.45) is 0 Å². The summed E-state index contributed by atoms with van der Waals surface area (Å²) in [6, 6.07) is 7.33. The maximum Gasteiger partial charge on any atom is 0.414 e. The Kier molecular flexibility index (Phi) is 8.58. The van der Waals surface area contributed by atoms with Crippen LogP contribution in [0.3, 0.4) is 0 Å². The fourth-order valence-electron chi connectivity index (χ4n) is 1.81. The summed E-state index contributed by atoms with van der Waals surface area (Å²) in [4.78, 5) is 20.6. The van der Waals surface area contributed by atoms with Crippen molar-refractivity contribution in [2.45, 2.75) is 12.8 Å². The van der Waals surface area contributed by atoms with Gasteiger partial charge in [0, 0.05) is 5.02 Å². The largest absolute Gasteiger partial charge is 0.481 e. The van der Waals surface area contributed by atoms with Gasteiger partial charge in [0.25, 0.3) is 0 Å². The van der Waals surface area contributed by atoms with Crippen molar-refractivity contribution in [1.29, 1.82) is 0 Å². The second-order valence-corrected chi connectivity index (χ2v) is 5.13. The molecule has 0 atom stereocenters. The van der Waals surface area contributed by atoms with Crippen LogP contribution in [0.15, 0.2) is 24.3 Å². The SMILES string of the molecule is Clc1ccc(OCC#CCN2CCCC2)cc1.O=C(O)C(=O)O. The van der Waals surface area contributed by atoms with Gasteiger partial charge in [0.2, 0.25) is 0 Å². The lowest BCUT2D eigenvalue weighted by Crippen LogP contribution is -2.19. The highest BCUT2D eigenvalue weighted by Gasteiger charge is 2.08. The van der Waals surface area contributed by atoms with E-state index in [-0.39, 0.29) is 0 Å². The van der Waals surface area contributed by atoms with Crippen molar-refractivity contribution >= 4 is 23.5 Å². The number of benzene rings is 1. The number of nitrogens with zero attached hydrogens (tertiary/aromatic N) is 1. The third-order valence-corrected chi connectivity index (χ3v) is 3.19. The Morgan fingerprint density at radius 3 is 2.17 bits per heavy atom. The fraction of sp³-hybridized carbons (Fsp3) is 0.375. The van der Waals surface area contributed by atoms with E-state index in [9.17, 15) is 0 Å². The number of hydrogen-bond donors (Lipinski definition) is 2. The first-order valence-electron chi connectivity index (χ1n) is 7.01. The Morgan fingerprint density at radius 1 is 1.09 bits per heavy atom. The van der Waals surface area contributed by atoms with Crippen LogP contribution >= 0.6 is 11.6 Å². The maximum atomic E-state index is 9.10. The zero-order valence-electron chi connectivity index (χ0n) is 12.5. The number of aliphatic carboxylic acids is 2. The molecule has 0 aromatic heterocycles. The molecule has 1 fully saturated rings. The van der Waals surface area contributed by atoms with Crippen LogP contribution in [0.2, 0.25) is 5.02 Å². The Labute approximate surface area is 139 Å². The van der Waals surface area contributed by atoms with Crippen molar-refractivity contribution in [2.75, 3.05) is 26.2 Å². The van der Waals surface area contributed by atoms with Crippen molar-refractivity contribution in [1.82, 2.24) is 4.90 Å². The molecule has 0 saturated carbocycles. The standard InChI is InChI=1S/C14H16ClNO.C2H2O4/c15-13-5-7-14(8-6-13)17-12-4-3-11-16-9-1-2-10-16;3-1(4)2(5)6/h5-8H,1-2,9-12H2;(H,3,4)(H,5,6). The van der Waals surface area contributed by atoms with E-state index in [1.807, 2.05) is 24.3 Å². The molecule has 7 heteroatoms. The van der Waals surface area contributed by atoms with Crippen LogP contribution in [0.4, 0.5) is 0 Å². The molecule has 0 amide bonds. The fourth-order valence-corrected chi connectivity index (χ4v) is 1.94. The Bertz CT molecular complexity index is 558. The van der Waals surface area contributed by atoms with Crippen LogP contribution in [-0.4, -0.2) is 53.3 Å². The number of carboxylic acids is 2. The minimum atomic E-state index is -1.82. The molecule has 0 radical (unpaired) electrons. The van der Waals surface area contributed by atoms with E-state index < -0.39 is 11.9 Å². The highest BCUT2D eigenvalue weighted by molar-refractivity contribution is 6.30. The summed E-state index contributed by atoms with van der Waals surface area (Å²) in [5.74, 6) is 3.32. The molecule has 1 heterocycles. The zero-order chi connectivity index (χ0) is 17.1. The minimum absolute atomic E-state index is 0.440. The first kappa shape index (κ1) is 18.8. The molecule has 6 nitrogen and oxygen atoms in total. The van der Waals surface area contributed by atoms with Crippen molar-refractivity contribution < 1.29 is 24.5 Å². The zero-order valence-corrected chi connectivity index (χ0v) is 13.3. The Balaban J connectivity index is 0.000000379. The summed E-state index contributed by atoms with van der Waals surface area (Å²) in [6.45, 7) is 3.68. The number of carbonyl (C=O) groups is 2. The molecule has 1 saturated heterocycles. The van der Waals surface area contributed by atoms with Gasteiger partial charge in [-0.25, -0.2) is 9.59 Å². The highest BCUT2D eigenvalue weighted by atomic mass is 35.5. The lowest BCUT2D eigenvalue weighted by Gasteiger charge is -2.08. The predicted molar refractivity (Wildman–Crippen MR) is 85.7 cm³/mol. The van der Waals surface area contributed by atoms with Crippen molar-refractivity contribution in [3.63, 3.8) is 0 Å². The second-order valence-electron chi connectivity index (χ2n) is 4.69. The van der Waals surface area contributed by atoms with Gasteiger partial charge in [-0.05, 0) is 50.2 Å². The molecule has 1 aromatic rings. The van der Waals surface area contributed by atoms with E-state index in [1.54, 1.807) is 0 Å². The second kappa shape index (κ2) is 10.5. The molecular formula is C16H18ClNO5. The van der Waals surface area contributed by atoms with Crippen molar-refractivity contribution in [3.05, 3.63) is 29.3 Å². The predicted octanol–water partition coefficient (Wildman–Crippen LogP) is 1.97. The summed E-state index contributed by atoms with van der Waals surface area (Å²) in [5, 5.41) is 15.5. The van der Waals surface area contributed by atoms with Crippen LogP contribution in [-0.2, 0) is 9.59 Å². The molecule has 1 aromatic carbocycles. The van der Waals surface area contributed by atoms with Gasteiger partial charge >= 0.3 is 11.9 Å². The van der Waals surface area contributed by atoms with Crippen LogP contribution in [0.25, 0.3) is 0 Å². The van der Waals surface area contributed by atoms with Gasteiger partial charge in [-0.2, -0.15) is 0 Å². The molecule has 124 valence electrons. The van der Waals surface area contributed by atoms with Gasteiger partial charge in [0.1, 0.15) is 12.4 Å². The number of rotatable bonds is 3. The smallest absolute Gasteiger partial charge is 0.414 e. The number of halogens is 1. The lowest BCUT2D eigenvalue weighted by molar-refractivity contribution is -0.159. The van der Waals surface area contributed by atoms with Crippen LogP contribution < -0.4 is 4.74 Å². The number of hydrogen-bond acceptors (Lipinski definition) is 4. The molecule has 1 aliphatic rings. The Hall–Kier alpha value is -2.23. The summed E-state index contributed by atoms with van der Waals surface area (Å²) < 4.78 is 5.47. The highest BCUT2D eigenvalue weighted by Crippen LogP contribution is 2.15. The van der Waals surface area contributed by atoms with E-state index in [0.29, 0.717) is 6.61 Å². The first-order chi connectivity index (χ1) is 11.0. The van der Waals surface area contributed by atoms with Crippen LogP contribution in [0.5, 0.6) is 5.75 Å². The van der Waals surface area contributed by atoms with E-state index in [1.165, 1.54) is 25.9 Å². The van der Waals surface area contributed by atoms with Gasteiger partial charge in [-0.15, -0.1) is 0 Å². The van der Waals surface area contributed by atoms with Gasteiger partial charge in [-0.1, -0.05) is 23.4 Å². The average Bonchev–Trinajstić information content (AvgIpc) is 3.02. The molecule has 1 aliphatic heterocycles. The molecule has 0 spiro atoms. The molecule has 2 rings (SSSR count). The molecule has 2 N–H and O–H groups in total. The number of likely N-dealkylation sites (tertiary alicyclic amines) is 1. The normalized spacial score (nSPS) is 13.3. The van der Waals surface area contributed by atoms with Gasteiger partial charge in [-0.3, -0.25) is 4.90 Å². The monoisotopic (exact) mass is 339 g/mol. The molecular weight excluding hydrogens is 322 g/mol. The third kappa shape index (κ3) is 8.71. The summed E-state index contributed by atoms with van der Waals surface area (Å²) >= 11 is 5.78. The number of ether oxygens (including phenoxy) is 1. The molecule has 0 unspecified atom stereocenters. The van der Waals surface area contributed by atoms with E-state index in [0.717, 1.165) is 17.3 Å². The summed E-state index contributed by atoms with van der Waals surface area (Å²) in [6.07, 6.45) is 2.62. The minimum Gasteiger partial charge on any atom is -0.481 e. The van der Waals surface area contributed by atoms with E-state index in [4.69, 9.17) is 36.1 Å². The van der Waals surface area contributed by atoms with Gasteiger partial charge < -0.3 is 14.9 Å². The molecule has 0 aliphatic carbocycles. The van der Waals surface area contributed by atoms with E-state index >= 15 is 0 Å². The maximum absolute atomic E-state index is 9.10. The van der Waals surface area contributed by atoms with Gasteiger partial charge in [0.05, 0.1) is 6.54 Å². The van der Waals surface area contributed by atoms with Crippen LogP contribution in [0.1, 0.15) is 12.8 Å². The quantitative estimate of drug-likeness (QED) is 0.646. The number of carboxylic acid groups (broad SMARTS) is 2. The average molecular weight is 340 g/mol. The third-order valence-electron chi connectivity index (χ3n) is 2.93. The summed E-state index contributed by atoms with van der Waals surface area (Å²) in [7, 11) is 0. The topological polar surface area (TPSA) is 87.1 Å². The summed E-state index contributed by atoms with van der Waals surface area (Å²) in [5.41, 5.74) is 0. The Morgan fingerprint density at radius 2 is 1.65 bits per heavy atom. The van der Waals surface area contributed by atoms with Gasteiger partial charge in [0.15, 0.2) is 0 Å². The molecule has 23 heavy (non-hydrogen) atoms. The van der Waals surface area contributed by atoms with Crippen molar-refractivity contribution in [3.8, 4) is 17.6 Å².